The first-order valence-corrected chi connectivity index (χ1v) is 7.41. The molecule has 3 fully saturated rings. The van der Waals surface area contributed by atoms with Crippen molar-refractivity contribution in [3.63, 3.8) is 0 Å². The Hall–Kier alpha value is -0.120. The lowest BCUT2D eigenvalue weighted by atomic mass is 10.1. The Morgan fingerprint density at radius 2 is 1.17 bits per heavy atom. The van der Waals surface area contributed by atoms with Crippen molar-refractivity contribution in [1.29, 1.82) is 0 Å². The lowest BCUT2D eigenvalue weighted by molar-refractivity contribution is -0.0221. The zero-order valence-electron chi connectivity index (χ0n) is 12.3. The Morgan fingerprint density at radius 3 is 1.33 bits per heavy atom. The molecule has 3 aliphatic rings. The van der Waals surface area contributed by atoms with Crippen LogP contribution in [0.2, 0.25) is 0 Å². The first kappa shape index (κ1) is 15.9. The summed E-state index contributed by atoms with van der Waals surface area (Å²) in [6.45, 7) is 12.6. The third kappa shape index (κ3) is 8.06. The molecule has 3 heteroatoms. The Balaban J connectivity index is 0.000000137. The summed E-state index contributed by atoms with van der Waals surface area (Å²) in [5.41, 5.74) is 0. The van der Waals surface area contributed by atoms with E-state index < -0.39 is 0 Å². The van der Waals surface area contributed by atoms with Crippen LogP contribution in [-0.2, 0) is 14.2 Å². The Labute approximate surface area is 112 Å². The molecule has 18 heavy (non-hydrogen) atoms. The van der Waals surface area contributed by atoms with Gasteiger partial charge in [-0.3, -0.25) is 0 Å². The minimum absolute atomic E-state index is 0.814. The van der Waals surface area contributed by atoms with Gasteiger partial charge in [0.25, 0.3) is 0 Å². The average molecular weight is 258 g/mol. The molecule has 3 saturated heterocycles. The van der Waals surface area contributed by atoms with E-state index in [2.05, 4.69) is 20.8 Å². The molecule has 0 aromatic carbocycles. The normalized spacial score (nSPS) is 31.5. The highest BCUT2D eigenvalue weighted by molar-refractivity contribution is 4.56. The highest BCUT2D eigenvalue weighted by atomic mass is 16.5. The molecule has 3 aliphatic heterocycles. The van der Waals surface area contributed by atoms with E-state index in [4.69, 9.17) is 14.2 Å². The molecule has 0 aliphatic carbocycles. The second-order valence-corrected chi connectivity index (χ2v) is 5.93. The van der Waals surface area contributed by atoms with Gasteiger partial charge in [0.05, 0.1) is 13.2 Å². The van der Waals surface area contributed by atoms with Crippen LogP contribution in [0.15, 0.2) is 0 Å². The van der Waals surface area contributed by atoms with E-state index in [0.29, 0.717) is 0 Å². The van der Waals surface area contributed by atoms with Crippen molar-refractivity contribution in [1.82, 2.24) is 0 Å². The zero-order valence-corrected chi connectivity index (χ0v) is 12.3. The molecule has 2 atom stereocenters. The fourth-order valence-electron chi connectivity index (χ4n) is 1.91. The fraction of sp³-hybridized carbons (Fsp3) is 1.00. The van der Waals surface area contributed by atoms with Gasteiger partial charge in [-0.1, -0.05) is 20.8 Å². The van der Waals surface area contributed by atoms with E-state index in [0.717, 1.165) is 57.4 Å². The molecule has 0 N–H and O–H groups in total. The third-order valence-electron chi connectivity index (χ3n) is 3.35. The molecule has 3 heterocycles. The Bertz CT molecular complexity index is 180. The number of hydrogen-bond acceptors (Lipinski definition) is 3. The van der Waals surface area contributed by atoms with Crippen LogP contribution in [0.5, 0.6) is 0 Å². The maximum atomic E-state index is 5.18. The van der Waals surface area contributed by atoms with Gasteiger partial charge in [-0.2, -0.15) is 0 Å². The summed E-state index contributed by atoms with van der Waals surface area (Å²) >= 11 is 0. The van der Waals surface area contributed by atoms with E-state index in [-0.39, 0.29) is 0 Å². The second-order valence-electron chi connectivity index (χ2n) is 5.93. The van der Waals surface area contributed by atoms with Gasteiger partial charge in [-0.05, 0) is 31.1 Å². The van der Waals surface area contributed by atoms with Crippen LogP contribution >= 0.6 is 0 Å². The Kier molecular flexibility index (Phi) is 8.64. The van der Waals surface area contributed by atoms with Crippen molar-refractivity contribution in [2.24, 2.45) is 17.8 Å². The molecule has 0 aromatic heterocycles. The van der Waals surface area contributed by atoms with Crippen LogP contribution in [0.4, 0.5) is 0 Å². The summed E-state index contributed by atoms with van der Waals surface area (Å²) in [5.74, 6) is 2.48. The summed E-state index contributed by atoms with van der Waals surface area (Å²) in [6, 6.07) is 0. The number of hydrogen-bond donors (Lipinski definition) is 0. The molecule has 2 unspecified atom stereocenters. The van der Waals surface area contributed by atoms with E-state index in [1.54, 1.807) is 0 Å². The largest absolute Gasteiger partial charge is 0.381 e. The van der Waals surface area contributed by atoms with Crippen LogP contribution in [0.25, 0.3) is 0 Å². The van der Waals surface area contributed by atoms with E-state index in [1.807, 2.05) is 0 Å². The maximum Gasteiger partial charge on any atom is 0.0513 e. The van der Waals surface area contributed by atoms with E-state index in [1.165, 1.54) is 19.3 Å². The maximum absolute atomic E-state index is 5.18. The van der Waals surface area contributed by atoms with Gasteiger partial charge >= 0.3 is 0 Å². The van der Waals surface area contributed by atoms with Crippen molar-refractivity contribution < 1.29 is 14.2 Å². The monoisotopic (exact) mass is 258 g/mol. The number of ether oxygens (including phenoxy) is 3. The summed E-state index contributed by atoms with van der Waals surface area (Å²) in [5, 5.41) is 0. The summed E-state index contributed by atoms with van der Waals surface area (Å²) in [4.78, 5) is 0. The molecule has 3 nitrogen and oxygen atoms in total. The molecule has 0 amide bonds. The minimum Gasteiger partial charge on any atom is -0.381 e. The number of rotatable bonds is 0. The van der Waals surface area contributed by atoms with Gasteiger partial charge in [-0.15, -0.1) is 0 Å². The lowest BCUT2D eigenvalue weighted by Gasteiger charge is -2.20. The van der Waals surface area contributed by atoms with Gasteiger partial charge < -0.3 is 14.2 Å². The Morgan fingerprint density at radius 1 is 0.611 bits per heavy atom. The molecular weight excluding hydrogens is 228 g/mol. The van der Waals surface area contributed by atoms with Crippen molar-refractivity contribution in [2.75, 3.05) is 39.6 Å². The van der Waals surface area contributed by atoms with Crippen LogP contribution in [-0.4, -0.2) is 39.6 Å². The van der Waals surface area contributed by atoms with Crippen LogP contribution in [0.3, 0.4) is 0 Å². The van der Waals surface area contributed by atoms with Crippen molar-refractivity contribution in [3.8, 4) is 0 Å². The predicted octanol–water partition coefficient (Wildman–Crippen LogP) is 3.13. The van der Waals surface area contributed by atoms with Crippen molar-refractivity contribution in [2.45, 2.75) is 40.0 Å². The lowest BCUT2D eigenvalue weighted by Crippen LogP contribution is -2.23. The first-order valence-electron chi connectivity index (χ1n) is 7.41. The molecule has 0 radical (unpaired) electrons. The highest BCUT2D eigenvalue weighted by Crippen LogP contribution is 2.11. The summed E-state index contributed by atoms with van der Waals surface area (Å²) in [6.07, 6.45) is 3.89. The quantitative estimate of drug-likeness (QED) is 0.668. The standard InChI is InChI=1S/C6H12O.C5H10O.C4H8O/c1-6-3-2-4-7-5-6;1-5-2-3-6-4-5;1-4-2-5-3-4/h6H,2-5H2,1H3;5H,2-4H2,1H3;4H,2-3H2,1H3. The molecule has 3 rings (SSSR count). The van der Waals surface area contributed by atoms with E-state index in [9.17, 15) is 0 Å². The zero-order chi connectivity index (χ0) is 13.2. The SMILES string of the molecule is CC1CCCOC1.CC1CCOC1.CC1COC1. The highest BCUT2D eigenvalue weighted by Gasteiger charge is 2.10. The van der Waals surface area contributed by atoms with E-state index >= 15 is 0 Å². The third-order valence-corrected chi connectivity index (χ3v) is 3.35. The van der Waals surface area contributed by atoms with Crippen LogP contribution in [0.1, 0.15) is 40.0 Å². The smallest absolute Gasteiger partial charge is 0.0513 e. The van der Waals surface area contributed by atoms with Gasteiger partial charge in [0, 0.05) is 32.3 Å². The van der Waals surface area contributed by atoms with Gasteiger partial charge in [0.2, 0.25) is 0 Å². The summed E-state index contributed by atoms with van der Waals surface area (Å²) in [7, 11) is 0. The minimum atomic E-state index is 0.814. The van der Waals surface area contributed by atoms with Gasteiger partial charge in [0.15, 0.2) is 0 Å². The molecular formula is C15H30O3. The van der Waals surface area contributed by atoms with Gasteiger partial charge in [0.1, 0.15) is 0 Å². The van der Waals surface area contributed by atoms with Crippen LogP contribution in [0, 0.1) is 17.8 Å². The summed E-state index contributed by atoms with van der Waals surface area (Å²) < 4.78 is 15.1. The molecule has 0 spiro atoms. The fourth-order valence-corrected chi connectivity index (χ4v) is 1.91. The molecule has 0 saturated carbocycles. The first-order chi connectivity index (χ1) is 8.68. The van der Waals surface area contributed by atoms with Crippen molar-refractivity contribution in [3.05, 3.63) is 0 Å². The topological polar surface area (TPSA) is 27.7 Å². The molecule has 0 bridgehead atoms. The second kappa shape index (κ2) is 9.76. The average Bonchev–Trinajstić information content (AvgIpc) is 2.80. The van der Waals surface area contributed by atoms with Crippen molar-refractivity contribution >= 4 is 0 Å². The van der Waals surface area contributed by atoms with Gasteiger partial charge in [-0.25, -0.2) is 0 Å². The van der Waals surface area contributed by atoms with Crippen LogP contribution < -0.4 is 0 Å². The molecule has 108 valence electrons. The molecule has 0 aromatic rings. The predicted molar refractivity (Wildman–Crippen MR) is 73.8 cm³/mol.